The Labute approximate surface area is 184 Å². The van der Waals surface area contributed by atoms with Crippen LogP contribution in [0.2, 0.25) is 0 Å². The Morgan fingerprint density at radius 2 is 1.94 bits per heavy atom. The molecule has 2 aliphatic rings. The summed E-state index contributed by atoms with van der Waals surface area (Å²) in [7, 11) is 1.85. The molecule has 3 amide bonds. The lowest BCUT2D eigenvalue weighted by Gasteiger charge is -2.29. The number of rotatable bonds is 3. The number of nitrogens with zero attached hydrogens (tertiary/aromatic N) is 4. The minimum Gasteiger partial charge on any atom is -0.322 e. The quantitative estimate of drug-likeness (QED) is 0.648. The van der Waals surface area contributed by atoms with E-state index in [1.165, 1.54) is 4.90 Å². The fraction of sp³-hybridized carbons (Fsp3) is 0.208. The number of benzene rings is 2. The standard InChI is InChI=1S/C24H19N5O3/c1-28-22(16-4-2-3-14(9-16)11-25)19(12-26-28)15-5-6-18-17(10-15)13-29(24(18)32)20-7-8-21(30)27-23(20)31/h2-6,9-10,12,20H,7-8,13H2,1H3,(H,27,30,31). The Morgan fingerprint density at radius 3 is 2.72 bits per heavy atom. The molecule has 0 radical (unpaired) electrons. The number of piperidine rings is 1. The average Bonchev–Trinajstić information content (AvgIpc) is 3.33. The van der Waals surface area contributed by atoms with Gasteiger partial charge in [-0.15, -0.1) is 0 Å². The van der Waals surface area contributed by atoms with Crippen LogP contribution in [0.15, 0.2) is 48.7 Å². The van der Waals surface area contributed by atoms with Crippen molar-refractivity contribution in [1.29, 1.82) is 5.26 Å². The Morgan fingerprint density at radius 1 is 1.09 bits per heavy atom. The van der Waals surface area contributed by atoms with E-state index in [-0.39, 0.29) is 18.2 Å². The molecule has 5 rings (SSSR count). The normalized spacial score (nSPS) is 17.8. The van der Waals surface area contributed by atoms with Crippen LogP contribution in [0, 0.1) is 11.3 Å². The molecule has 158 valence electrons. The van der Waals surface area contributed by atoms with Gasteiger partial charge in [-0.2, -0.15) is 10.4 Å². The molecule has 2 aliphatic heterocycles. The monoisotopic (exact) mass is 425 g/mol. The number of hydrogen-bond donors (Lipinski definition) is 1. The first kappa shape index (κ1) is 19.7. The first-order chi connectivity index (χ1) is 15.5. The first-order valence-corrected chi connectivity index (χ1v) is 10.3. The number of fused-ring (bicyclic) bond motifs is 1. The minimum atomic E-state index is -0.640. The number of aryl methyl sites for hydroxylation is 1. The number of nitrogens with one attached hydrogen (secondary N) is 1. The maximum absolute atomic E-state index is 12.9. The van der Waals surface area contributed by atoms with Gasteiger partial charge in [0.2, 0.25) is 11.8 Å². The van der Waals surface area contributed by atoms with Crippen molar-refractivity contribution in [2.24, 2.45) is 7.05 Å². The van der Waals surface area contributed by atoms with Gasteiger partial charge in [0.1, 0.15) is 6.04 Å². The van der Waals surface area contributed by atoms with Crippen LogP contribution in [0.25, 0.3) is 22.4 Å². The smallest absolute Gasteiger partial charge is 0.255 e. The Hall–Kier alpha value is -4.25. The van der Waals surface area contributed by atoms with E-state index in [0.717, 1.165) is 27.9 Å². The van der Waals surface area contributed by atoms with Crippen LogP contribution in [0.3, 0.4) is 0 Å². The predicted molar refractivity (Wildman–Crippen MR) is 115 cm³/mol. The summed E-state index contributed by atoms with van der Waals surface area (Å²) in [6, 6.07) is 14.5. The van der Waals surface area contributed by atoms with Crippen molar-refractivity contribution in [3.63, 3.8) is 0 Å². The molecule has 8 heteroatoms. The van der Waals surface area contributed by atoms with Gasteiger partial charge in [-0.3, -0.25) is 24.4 Å². The maximum Gasteiger partial charge on any atom is 0.255 e. The highest BCUT2D eigenvalue weighted by atomic mass is 16.2. The van der Waals surface area contributed by atoms with Crippen LogP contribution in [0.5, 0.6) is 0 Å². The second kappa shape index (κ2) is 7.46. The third-order valence-corrected chi connectivity index (χ3v) is 6.04. The molecule has 0 spiro atoms. The molecule has 1 N–H and O–H groups in total. The van der Waals surface area contributed by atoms with Crippen molar-refractivity contribution in [2.45, 2.75) is 25.4 Å². The second-order valence-electron chi connectivity index (χ2n) is 7.99. The largest absolute Gasteiger partial charge is 0.322 e. The van der Waals surface area contributed by atoms with Gasteiger partial charge in [0.25, 0.3) is 5.91 Å². The number of imide groups is 1. The zero-order valence-electron chi connectivity index (χ0n) is 17.3. The van der Waals surface area contributed by atoms with E-state index in [0.29, 0.717) is 24.1 Å². The number of amides is 3. The van der Waals surface area contributed by atoms with Crippen molar-refractivity contribution in [3.8, 4) is 28.5 Å². The molecule has 1 fully saturated rings. The van der Waals surface area contributed by atoms with Crippen LogP contribution < -0.4 is 5.32 Å². The number of aromatic nitrogens is 2. The molecule has 3 aromatic rings. The lowest BCUT2D eigenvalue weighted by atomic mass is 9.97. The van der Waals surface area contributed by atoms with Crippen molar-refractivity contribution < 1.29 is 14.4 Å². The molecule has 1 saturated heterocycles. The molecular formula is C24H19N5O3. The van der Waals surface area contributed by atoms with Crippen LogP contribution in [0.4, 0.5) is 0 Å². The maximum atomic E-state index is 12.9. The molecule has 1 atom stereocenters. The van der Waals surface area contributed by atoms with Gasteiger partial charge < -0.3 is 4.90 Å². The number of carbonyl (C=O) groups is 3. The zero-order chi connectivity index (χ0) is 22.4. The van der Waals surface area contributed by atoms with E-state index in [1.54, 1.807) is 23.0 Å². The van der Waals surface area contributed by atoms with E-state index in [4.69, 9.17) is 0 Å². The SMILES string of the molecule is Cn1ncc(-c2ccc3c(c2)CN(C2CCC(=O)NC2=O)C3=O)c1-c1cccc(C#N)c1. The van der Waals surface area contributed by atoms with Crippen molar-refractivity contribution in [2.75, 3.05) is 0 Å². The van der Waals surface area contributed by atoms with E-state index in [1.807, 2.05) is 37.4 Å². The lowest BCUT2D eigenvalue weighted by molar-refractivity contribution is -0.136. The van der Waals surface area contributed by atoms with E-state index < -0.39 is 11.9 Å². The summed E-state index contributed by atoms with van der Waals surface area (Å²) in [6.07, 6.45) is 2.33. The van der Waals surface area contributed by atoms with Crippen LogP contribution in [-0.4, -0.2) is 38.4 Å². The molecule has 1 unspecified atom stereocenters. The summed E-state index contributed by atoms with van der Waals surface area (Å²) in [6.45, 7) is 0.313. The minimum absolute atomic E-state index is 0.200. The summed E-state index contributed by atoms with van der Waals surface area (Å²) in [5, 5.41) is 16.0. The highest BCUT2D eigenvalue weighted by molar-refractivity contribution is 6.05. The summed E-state index contributed by atoms with van der Waals surface area (Å²) in [5.74, 6) is -0.925. The molecule has 0 saturated carbocycles. The van der Waals surface area contributed by atoms with Gasteiger partial charge in [0.05, 0.1) is 23.5 Å². The van der Waals surface area contributed by atoms with Crippen molar-refractivity contribution >= 4 is 17.7 Å². The average molecular weight is 425 g/mol. The van der Waals surface area contributed by atoms with Crippen LogP contribution in [0.1, 0.15) is 34.3 Å². The van der Waals surface area contributed by atoms with Crippen molar-refractivity contribution in [1.82, 2.24) is 20.0 Å². The Bertz CT molecular complexity index is 1330. The topological polar surface area (TPSA) is 108 Å². The summed E-state index contributed by atoms with van der Waals surface area (Å²) < 4.78 is 1.76. The zero-order valence-corrected chi connectivity index (χ0v) is 17.3. The molecule has 0 aliphatic carbocycles. The van der Waals surface area contributed by atoms with E-state index >= 15 is 0 Å². The third kappa shape index (κ3) is 3.15. The number of nitriles is 1. The molecule has 3 heterocycles. The van der Waals surface area contributed by atoms with Gasteiger partial charge in [-0.05, 0) is 41.8 Å². The van der Waals surface area contributed by atoms with Crippen LogP contribution >= 0.6 is 0 Å². The molecule has 2 aromatic carbocycles. The molecule has 32 heavy (non-hydrogen) atoms. The third-order valence-electron chi connectivity index (χ3n) is 6.04. The van der Waals surface area contributed by atoms with Gasteiger partial charge in [0.15, 0.2) is 0 Å². The fourth-order valence-electron chi connectivity index (χ4n) is 4.47. The molecular weight excluding hydrogens is 406 g/mol. The van der Waals surface area contributed by atoms with E-state index in [9.17, 15) is 19.6 Å². The first-order valence-electron chi connectivity index (χ1n) is 10.3. The molecule has 8 nitrogen and oxygen atoms in total. The number of carbonyl (C=O) groups excluding carboxylic acids is 3. The highest BCUT2D eigenvalue weighted by Crippen LogP contribution is 2.35. The van der Waals surface area contributed by atoms with Crippen LogP contribution in [-0.2, 0) is 23.2 Å². The lowest BCUT2D eigenvalue weighted by Crippen LogP contribution is -2.52. The summed E-state index contributed by atoms with van der Waals surface area (Å²) in [4.78, 5) is 38.2. The van der Waals surface area contributed by atoms with Gasteiger partial charge in [-0.1, -0.05) is 18.2 Å². The van der Waals surface area contributed by atoms with E-state index in [2.05, 4.69) is 16.5 Å². The number of hydrogen-bond acceptors (Lipinski definition) is 5. The predicted octanol–water partition coefficient (Wildman–Crippen LogP) is 2.39. The summed E-state index contributed by atoms with van der Waals surface area (Å²) in [5.41, 5.74) is 5.49. The second-order valence-corrected chi connectivity index (χ2v) is 7.99. The Balaban J connectivity index is 1.50. The van der Waals surface area contributed by atoms with Crippen molar-refractivity contribution in [3.05, 3.63) is 65.4 Å². The molecule has 0 bridgehead atoms. The fourth-order valence-corrected chi connectivity index (χ4v) is 4.47. The van der Waals surface area contributed by atoms with Gasteiger partial charge in [0, 0.05) is 36.7 Å². The molecule has 1 aromatic heterocycles. The summed E-state index contributed by atoms with van der Waals surface area (Å²) >= 11 is 0. The van der Waals surface area contributed by atoms with Gasteiger partial charge >= 0.3 is 0 Å². The Kier molecular flexibility index (Phi) is 4.59. The highest BCUT2D eigenvalue weighted by Gasteiger charge is 2.39. The van der Waals surface area contributed by atoms with Gasteiger partial charge in [-0.25, -0.2) is 0 Å².